The first-order valence-corrected chi connectivity index (χ1v) is 6.57. The number of carbonyl (C=O) groups is 1. The van der Waals surface area contributed by atoms with E-state index in [1.54, 1.807) is 24.3 Å². The van der Waals surface area contributed by atoms with Crippen LogP contribution in [0.4, 0.5) is 5.69 Å². The second-order valence-corrected chi connectivity index (χ2v) is 4.99. The van der Waals surface area contributed by atoms with E-state index in [1.165, 1.54) is 6.07 Å². The van der Waals surface area contributed by atoms with Gasteiger partial charge < -0.3 is 21.3 Å². The van der Waals surface area contributed by atoms with Gasteiger partial charge in [0.15, 0.2) is 0 Å². The number of rotatable bonds is 4. The van der Waals surface area contributed by atoms with Crippen molar-refractivity contribution in [2.24, 2.45) is 5.73 Å². The van der Waals surface area contributed by atoms with Gasteiger partial charge in [0.25, 0.3) is 0 Å². The van der Waals surface area contributed by atoms with Crippen LogP contribution in [0.5, 0.6) is 11.5 Å². The molecule has 1 unspecified atom stereocenters. The molecule has 1 amide bonds. The van der Waals surface area contributed by atoms with Crippen LogP contribution in [0.3, 0.4) is 0 Å². The van der Waals surface area contributed by atoms with Crippen LogP contribution in [-0.4, -0.2) is 16.1 Å². The van der Waals surface area contributed by atoms with E-state index in [2.05, 4.69) is 5.32 Å². The van der Waals surface area contributed by atoms with Gasteiger partial charge in [0.05, 0.1) is 0 Å². The number of aromatic hydroxyl groups is 2. The van der Waals surface area contributed by atoms with Crippen LogP contribution in [0.15, 0.2) is 36.4 Å². The number of amides is 1. The van der Waals surface area contributed by atoms with Gasteiger partial charge in [0.2, 0.25) is 5.91 Å². The van der Waals surface area contributed by atoms with E-state index in [0.29, 0.717) is 5.56 Å². The van der Waals surface area contributed by atoms with Gasteiger partial charge in [-0.15, -0.1) is 0 Å². The van der Waals surface area contributed by atoms with Crippen molar-refractivity contribution in [3.63, 3.8) is 0 Å². The summed E-state index contributed by atoms with van der Waals surface area (Å²) in [6, 6.07) is 9.53. The number of nitrogens with two attached hydrogens (primary N) is 1. The average Bonchev–Trinajstić information content (AvgIpc) is 2.39. The van der Waals surface area contributed by atoms with Gasteiger partial charge in [-0.05, 0) is 49.2 Å². The third-order valence-corrected chi connectivity index (χ3v) is 3.40. The molecular weight excluding hydrogens is 268 g/mol. The molecule has 0 aliphatic heterocycles. The highest BCUT2D eigenvalue weighted by molar-refractivity contribution is 5.95. The van der Waals surface area contributed by atoms with Crippen molar-refractivity contribution in [2.75, 3.05) is 5.32 Å². The van der Waals surface area contributed by atoms with E-state index in [9.17, 15) is 15.0 Å². The van der Waals surface area contributed by atoms with Crippen molar-refractivity contribution in [1.82, 2.24) is 0 Å². The van der Waals surface area contributed by atoms with Gasteiger partial charge in [0, 0.05) is 23.4 Å². The van der Waals surface area contributed by atoms with Crippen LogP contribution >= 0.6 is 0 Å². The van der Waals surface area contributed by atoms with Crippen molar-refractivity contribution in [2.45, 2.75) is 19.9 Å². The molecule has 5 N–H and O–H groups in total. The highest BCUT2D eigenvalue weighted by Gasteiger charge is 2.12. The third-order valence-electron chi connectivity index (χ3n) is 3.40. The maximum absolute atomic E-state index is 11.3. The van der Waals surface area contributed by atoms with Crippen LogP contribution in [0.25, 0.3) is 0 Å². The largest absolute Gasteiger partial charge is 0.508 e. The summed E-state index contributed by atoms with van der Waals surface area (Å²) >= 11 is 0. The summed E-state index contributed by atoms with van der Waals surface area (Å²) in [5.41, 5.74) is 8.07. The summed E-state index contributed by atoms with van der Waals surface area (Å²) in [5, 5.41) is 22.3. The summed E-state index contributed by atoms with van der Waals surface area (Å²) in [6.07, 6.45) is 0. The fraction of sp³-hybridized carbons (Fsp3) is 0.188. The van der Waals surface area contributed by atoms with E-state index in [4.69, 9.17) is 5.73 Å². The topological polar surface area (TPSA) is 95.6 Å². The van der Waals surface area contributed by atoms with Gasteiger partial charge in [-0.2, -0.15) is 0 Å². The van der Waals surface area contributed by atoms with E-state index in [1.807, 2.05) is 19.9 Å². The molecule has 0 fully saturated rings. The van der Waals surface area contributed by atoms with Gasteiger partial charge in [-0.1, -0.05) is 6.07 Å². The molecule has 2 aromatic carbocycles. The van der Waals surface area contributed by atoms with Crippen LogP contribution < -0.4 is 11.1 Å². The Morgan fingerprint density at radius 2 is 1.81 bits per heavy atom. The molecule has 5 heteroatoms. The van der Waals surface area contributed by atoms with E-state index >= 15 is 0 Å². The van der Waals surface area contributed by atoms with Gasteiger partial charge in [0.1, 0.15) is 11.5 Å². The number of benzene rings is 2. The number of phenolic OH excluding ortho intramolecular Hbond substituents is 2. The molecule has 5 nitrogen and oxygen atoms in total. The maximum atomic E-state index is 11.3. The zero-order valence-corrected chi connectivity index (χ0v) is 11.9. The molecule has 110 valence electrons. The number of hydrogen-bond acceptors (Lipinski definition) is 4. The molecule has 21 heavy (non-hydrogen) atoms. The third kappa shape index (κ3) is 3.25. The summed E-state index contributed by atoms with van der Waals surface area (Å²) in [6.45, 7) is 3.71. The van der Waals surface area contributed by atoms with Crippen LogP contribution in [0.2, 0.25) is 0 Å². The highest BCUT2D eigenvalue weighted by atomic mass is 16.3. The lowest BCUT2D eigenvalue weighted by atomic mass is 10.0. The summed E-state index contributed by atoms with van der Waals surface area (Å²) in [5.74, 6) is -0.471. The molecule has 2 rings (SSSR count). The molecule has 0 aliphatic carbocycles. The standard InChI is InChI=1S/C16H18N2O3/c1-9-14(16(17)21)4-3-5-15(9)18-10(2)11-6-12(19)8-13(20)7-11/h3-8,10,18-20H,1-2H3,(H2,17,21). The van der Waals surface area contributed by atoms with Crippen LogP contribution in [-0.2, 0) is 0 Å². The smallest absolute Gasteiger partial charge is 0.249 e. The molecule has 0 heterocycles. The molecule has 1 atom stereocenters. The minimum Gasteiger partial charge on any atom is -0.508 e. The number of hydrogen-bond donors (Lipinski definition) is 4. The minimum absolute atomic E-state index is 0.00117. The lowest BCUT2D eigenvalue weighted by molar-refractivity contribution is 0.0999. The Kier molecular flexibility index (Phi) is 4.03. The number of carbonyl (C=O) groups excluding carboxylic acids is 1. The number of phenols is 2. The molecule has 0 spiro atoms. The zero-order chi connectivity index (χ0) is 15.6. The molecule has 2 aromatic rings. The molecule has 0 aromatic heterocycles. The lowest BCUT2D eigenvalue weighted by Gasteiger charge is -2.19. The first kappa shape index (κ1) is 14.7. The fourth-order valence-corrected chi connectivity index (χ4v) is 2.24. The van der Waals surface area contributed by atoms with Crippen LogP contribution in [0.1, 0.15) is 34.5 Å². The highest BCUT2D eigenvalue weighted by Crippen LogP contribution is 2.28. The Morgan fingerprint density at radius 3 is 2.38 bits per heavy atom. The SMILES string of the molecule is Cc1c(NC(C)c2cc(O)cc(O)c2)cccc1C(N)=O. The second-order valence-electron chi connectivity index (χ2n) is 4.99. The molecule has 0 aliphatic rings. The Labute approximate surface area is 123 Å². The molecule has 0 radical (unpaired) electrons. The monoisotopic (exact) mass is 286 g/mol. The normalized spacial score (nSPS) is 11.9. The predicted octanol–water partition coefficient (Wildman–Crippen LogP) is 2.68. The first-order valence-electron chi connectivity index (χ1n) is 6.57. The molecule has 0 bridgehead atoms. The van der Waals surface area contributed by atoms with Crippen molar-refractivity contribution in [1.29, 1.82) is 0 Å². The van der Waals surface area contributed by atoms with E-state index in [0.717, 1.165) is 16.8 Å². The number of nitrogens with one attached hydrogen (secondary N) is 1. The Hall–Kier alpha value is -2.69. The number of primary amides is 1. The van der Waals surface area contributed by atoms with Crippen LogP contribution in [0, 0.1) is 6.92 Å². The van der Waals surface area contributed by atoms with Crippen molar-refractivity contribution < 1.29 is 15.0 Å². The fourth-order valence-electron chi connectivity index (χ4n) is 2.24. The lowest BCUT2D eigenvalue weighted by Crippen LogP contribution is -2.15. The Balaban J connectivity index is 2.29. The number of anilines is 1. The van der Waals surface area contributed by atoms with E-state index in [-0.39, 0.29) is 17.5 Å². The maximum Gasteiger partial charge on any atom is 0.249 e. The Bertz CT molecular complexity index is 663. The van der Waals surface area contributed by atoms with Crippen molar-refractivity contribution in [3.05, 3.63) is 53.1 Å². The summed E-state index contributed by atoms with van der Waals surface area (Å²) in [4.78, 5) is 11.3. The Morgan fingerprint density at radius 1 is 1.19 bits per heavy atom. The molecule has 0 saturated heterocycles. The minimum atomic E-state index is -0.473. The summed E-state index contributed by atoms with van der Waals surface area (Å²) < 4.78 is 0. The van der Waals surface area contributed by atoms with Gasteiger partial charge in [-0.25, -0.2) is 0 Å². The molecule has 0 saturated carbocycles. The van der Waals surface area contributed by atoms with Crippen molar-refractivity contribution in [3.8, 4) is 11.5 Å². The molecular formula is C16H18N2O3. The average molecular weight is 286 g/mol. The van der Waals surface area contributed by atoms with Gasteiger partial charge >= 0.3 is 0 Å². The first-order chi connectivity index (χ1) is 9.88. The summed E-state index contributed by atoms with van der Waals surface area (Å²) in [7, 11) is 0. The van der Waals surface area contributed by atoms with E-state index < -0.39 is 5.91 Å². The van der Waals surface area contributed by atoms with Gasteiger partial charge in [-0.3, -0.25) is 4.79 Å². The van der Waals surface area contributed by atoms with Crippen molar-refractivity contribution >= 4 is 11.6 Å². The quantitative estimate of drug-likeness (QED) is 0.695. The predicted molar refractivity (Wildman–Crippen MR) is 81.5 cm³/mol. The second kappa shape index (κ2) is 5.75. The zero-order valence-electron chi connectivity index (χ0n) is 11.9.